The van der Waals surface area contributed by atoms with Crippen molar-refractivity contribution in [1.82, 2.24) is 0 Å². The summed E-state index contributed by atoms with van der Waals surface area (Å²) in [5, 5.41) is 0. The number of ether oxygens (including phenoxy) is 3. The molecule has 2 aliphatic rings. The van der Waals surface area contributed by atoms with Gasteiger partial charge in [-0.15, -0.1) is 0 Å². The number of hydrogen-bond acceptors (Lipinski definition) is 4. The summed E-state index contributed by atoms with van der Waals surface area (Å²) in [7, 11) is 1.34. The SMILES string of the molecule is COC(=O)C1Oc2ccc(C3CCCCC3)cc2C(C)(c2ccccc2)O1. The third-order valence-corrected chi connectivity index (χ3v) is 5.89. The normalized spacial score (nSPS) is 25.3. The number of carbonyl (C=O) groups is 1. The van der Waals surface area contributed by atoms with E-state index in [0.29, 0.717) is 11.7 Å². The molecule has 142 valence electrons. The summed E-state index contributed by atoms with van der Waals surface area (Å²) in [6.07, 6.45) is 5.29. The zero-order valence-electron chi connectivity index (χ0n) is 15.9. The van der Waals surface area contributed by atoms with Crippen molar-refractivity contribution in [2.75, 3.05) is 7.11 Å². The first kappa shape index (κ1) is 18.1. The molecule has 1 heterocycles. The predicted molar refractivity (Wildman–Crippen MR) is 103 cm³/mol. The highest BCUT2D eigenvalue weighted by Gasteiger charge is 2.44. The summed E-state index contributed by atoms with van der Waals surface area (Å²) in [6, 6.07) is 16.3. The maximum Gasteiger partial charge on any atom is 0.376 e. The van der Waals surface area contributed by atoms with Gasteiger partial charge in [0.15, 0.2) is 0 Å². The van der Waals surface area contributed by atoms with E-state index < -0.39 is 17.9 Å². The fourth-order valence-corrected chi connectivity index (χ4v) is 4.30. The Morgan fingerprint density at radius 2 is 1.81 bits per heavy atom. The van der Waals surface area contributed by atoms with Crippen molar-refractivity contribution in [3.63, 3.8) is 0 Å². The summed E-state index contributed by atoms with van der Waals surface area (Å²) in [4.78, 5) is 12.1. The second kappa shape index (κ2) is 7.35. The number of carbonyl (C=O) groups excluding carboxylic acids is 1. The topological polar surface area (TPSA) is 44.8 Å². The van der Waals surface area contributed by atoms with Crippen LogP contribution >= 0.6 is 0 Å². The molecule has 0 amide bonds. The van der Waals surface area contributed by atoms with Gasteiger partial charge in [-0.2, -0.15) is 0 Å². The fraction of sp³-hybridized carbons (Fsp3) is 0.435. The molecule has 1 aliphatic heterocycles. The van der Waals surface area contributed by atoms with Crippen LogP contribution in [0.3, 0.4) is 0 Å². The van der Waals surface area contributed by atoms with Crippen LogP contribution in [-0.4, -0.2) is 19.4 Å². The van der Waals surface area contributed by atoms with Gasteiger partial charge in [-0.25, -0.2) is 4.79 Å². The summed E-state index contributed by atoms with van der Waals surface area (Å²) in [6.45, 7) is 2.00. The lowest BCUT2D eigenvalue weighted by Crippen LogP contribution is -2.44. The number of esters is 1. The summed E-state index contributed by atoms with van der Waals surface area (Å²) in [5.74, 6) is 0.740. The molecule has 0 spiro atoms. The highest BCUT2D eigenvalue weighted by Crippen LogP contribution is 2.45. The Labute approximate surface area is 160 Å². The van der Waals surface area contributed by atoms with E-state index in [1.54, 1.807) is 0 Å². The van der Waals surface area contributed by atoms with Crippen LogP contribution < -0.4 is 4.74 Å². The Morgan fingerprint density at radius 1 is 1.07 bits per heavy atom. The smallest absolute Gasteiger partial charge is 0.376 e. The standard InChI is InChI=1S/C23H26O4/c1-23(18-11-7-4-8-12-18)19-15-17(16-9-5-3-6-10-16)13-14-20(19)26-22(27-23)21(24)25-2/h4,7-8,11-16,22H,3,5-6,9-10H2,1-2H3. The predicted octanol–water partition coefficient (Wildman–Crippen LogP) is 4.91. The summed E-state index contributed by atoms with van der Waals surface area (Å²) >= 11 is 0. The number of hydrogen-bond donors (Lipinski definition) is 0. The Hall–Kier alpha value is -2.33. The minimum absolute atomic E-state index is 0.529. The van der Waals surface area contributed by atoms with Crippen molar-refractivity contribution in [3.8, 4) is 5.75 Å². The number of fused-ring (bicyclic) bond motifs is 1. The molecule has 2 unspecified atom stereocenters. The van der Waals surface area contributed by atoms with Crippen LogP contribution in [0, 0.1) is 0 Å². The molecule has 0 bridgehead atoms. The van der Waals surface area contributed by atoms with Gasteiger partial charge in [-0.05, 0) is 48.9 Å². The molecule has 0 radical (unpaired) electrons. The van der Waals surface area contributed by atoms with E-state index in [2.05, 4.69) is 12.1 Å². The van der Waals surface area contributed by atoms with Gasteiger partial charge in [-0.1, -0.05) is 55.7 Å². The van der Waals surface area contributed by atoms with E-state index >= 15 is 0 Å². The van der Waals surface area contributed by atoms with Crippen LogP contribution in [0.5, 0.6) is 5.75 Å². The van der Waals surface area contributed by atoms with Crippen LogP contribution in [0.2, 0.25) is 0 Å². The van der Waals surface area contributed by atoms with Gasteiger partial charge in [0.25, 0.3) is 0 Å². The van der Waals surface area contributed by atoms with E-state index in [1.807, 2.05) is 43.3 Å². The fourth-order valence-electron chi connectivity index (χ4n) is 4.30. The largest absolute Gasteiger partial charge is 0.464 e. The second-order valence-corrected chi connectivity index (χ2v) is 7.58. The maximum absolute atomic E-state index is 12.1. The van der Waals surface area contributed by atoms with Gasteiger partial charge in [-0.3, -0.25) is 0 Å². The average Bonchev–Trinajstić information content (AvgIpc) is 2.74. The summed E-state index contributed by atoms with van der Waals surface area (Å²) in [5.41, 5.74) is 2.51. The van der Waals surface area contributed by atoms with Crippen LogP contribution in [0.4, 0.5) is 0 Å². The molecule has 1 aliphatic carbocycles. The van der Waals surface area contributed by atoms with Crippen molar-refractivity contribution in [2.24, 2.45) is 0 Å². The zero-order chi connectivity index (χ0) is 18.9. The van der Waals surface area contributed by atoms with Crippen LogP contribution in [0.15, 0.2) is 48.5 Å². The first-order valence-electron chi connectivity index (χ1n) is 9.74. The third kappa shape index (κ3) is 3.34. The van der Waals surface area contributed by atoms with Crippen molar-refractivity contribution in [2.45, 2.75) is 56.8 Å². The van der Waals surface area contributed by atoms with Crippen molar-refractivity contribution in [3.05, 3.63) is 65.2 Å². The molecular weight excluding hydrogens is 340 g/mol. The molecule has 4 heteroatoms. The molecule has 0 aromatic heterocycles. The van der Waals surface area contributed by atoms with E-state index in [0.717, 1.165) is 11.1 Å². The third-order valence-electron chi connectivity index (χ3n) is 5.89. The van der Waals surface area contributed by atoms with Gasteiger partial charge >= 0.3 is 12.3 Å². The average molecular weight is 366 g/mol. The lowest BCUT2D eigenvalue weighted by Gasteiger charge is -2.40. The van der Waals surface area contributed by atoms with Gasteiger partial charge in [0.2, 0.25) is 0 Å². The number of benzene rings is 2. The van der Waals surface area contributed by atoms with Crippen molar-refractivity contribution < 1.29 is 19.0 Å². The van der Waals surface area contributed by atoms with E-state index in [1.165, 1.54) is 44.8 Å². The van der Waals surface area contributed by atoms with Crippen molar-refractivity contribution >= 4 is 5.97 Å². The molecule has 2 atom stereocenters. The molecule has 27 heavy (non-hydrogen) atoms. The van der Waals surface area contributed by atoms with Gasteiger partial charge < -0.3 is 14.2 Å². The van der Waals surface area contributed by atoms with Crippen molar-refractivity contribution in [1.29, 1.82) is 0 Å². The first-order chi connectivity index (χ1) is 13.1. The first-order valence-corrected chi connectivity index (χ1v) is 9.74. The molecule has 2 aromatic rings. The quantitative estimate of drug-likeness (QED) is 0.724. The monoisotopic (exact) mass is 366 g/mol. The molecule has 0 saturated heterocycles. The maximum atomic E-state index is 12.1. The molecule has 4 rings (SSSR count). The molecular formula is C23H26O4. The minimum Gasteiger partial charge on any atom is -0.464 e. The van der Waals surface area contributed by atoms with Gasteiger partial charge in [0.1, 0.15) is 11.4 Å². The van der Waals surface area contributed by atoms with Crippen LogP contribution in [0.1, 0.15) is 61.6 Å². The molecule has 2 aromatic carbocycles. The summed E-state index contributed by atoms with van der Waals surface area (Å²) < 4.78 is 16.9. The van der Waals surface area contributed by atoms with E-state index in [4.69, 9.17) is 14.2 Å². The Bertz CT molecular complexity index is 810. The minimum atomic E-state index is -1.08. The Balaban J connectivity index is 1.79. The van der Waals surface area contributed by atoms with Crippen LogP contribution in [0.25, 0.3) is 0 Å². The Kier molecular flexibility index (Phi) is 4.92. The van der Waals surface area contributed by atoms with E-state index in [-0.39, 0.29) is 0 Å². The number of rotatable bonds is 3. The lowest BCUT2D eigenvalue weighted by atomic mass is 9.80. The second-order valence-electron chi connectivity index (χ2n) is 7.58. The highest BCUT2D eigenvalue weighted by molar-refractivity contribution is 5.74. The molecule has 1 fully saturated rings. The zero-order valence-corrected chi connectivity index (χ0v) is 15.9. The van der Waals surface area contributed by atoms with Crippen LogP contribution in [-0.2, 0) is 19.9 Å². The molecule has 0 N–H and O–H groups in total. The van der Waals surface area contributed by atoms with E-state index in [9.17, 15) is 4.79 Å². The molecule has 1 saturated carbocycles. The Morgan fingerprint density at radius 3 is 2.52 bits per heavy atom. The lowest BCUT2D eigenvalue weighted by molar-refractivity contribution is -0.203. The number of methoxy groups -OCH3 is 1. The van der Waals surface area contributed by atoms with Gasteiger partial charge in [0, 0.05) is 5.56 Å². The highest BCUT2D eigenvalue weighted by atomic mass is 16.7. The molecule has 4 nitrogen and oxygen atoms in total. The van der Waals surface area contributed by atoms with Gasteiger partial charge in [0.05, 0.1) is 7.11 Å².